The molecule has 4 rings (SSSR count). The number of piperidine rings is 1. The SMILES string of the molecule is Clc1ccc(C2CCN(CCCc3cnc4n3CCCC4)CC2)cc1. The Morgan fingerprint density at radius 1 is 1.04 bits per heavy atom. The molecule has 1 aromatic heterocycles. The van der Waals surface area contributed by atoms with Crippen molar-refractivity contribution >= 4 is 11.6 Å². The molecule has 4 heteroatoms. The number of hydrogen-bond donors (Lipinski definition) is 0. The summed E-state index contributed by atoms with van der Waals surface area (Å²) in [4.78, 5) is 7.25. The Morgan fingerprint density at radius 3 is 2.64 bits per heavy atom. The molecular weight excluding hydrogens is 330 g/mol. The summed E-state index contributed by atoms with van der Waals surface area (Å²) in [6.45, 7) is 4.83. The molecule has 134 valence electrons. The number of nitrogens with zero attached hydrogens (tertiary/aromatic N) is 3. The van der Waals surface area contributed by atoms with Crippen LogP contribution in [0.2, 0.25) is 5.02 Å². The minimum atomic E-state index is 0.704. The second kappa shape index (κ2) is 7.92. The third kappa shape index (κ3) is 4.09. The zero-order valence-corrected chi connectivity index (χ0v) is 15.7. The summed E-state index contributed by atoms with van der Waals surface area (Å²) in [5.41, 5.74) is 2.90. The van der Waals surface area contributed by atoms with Gasteiger partial charge in [-0.05, 0) is 81.8 Å². The highest BCUT2D eigenvalue weighted by Crippen LogP contribution is 2.29. The van der Waals surface area contributed by atoms with Gasteiger partial charge in [-0.3, -0.25) is 0 Å². The molecule has 25 heavy (non-hydrogen) atoms. The van der Waals surface area contributed by atoms with Gasteiger partial charge in [0.15, 0.2) is 0 Å². The number of rotatable bonds is 5. The molecule has 0 saturated carbocycles. The number of fused-ring (bicyclic) bond motifs is 1. The first-order valence-corrected chi connectivity index (χ1v) is 10.2. The Morgan fingerprint density at radius 2 is 1.84 bits per heavy atom. The van der Waals surface area contributed by atoms with E-state index >= 15 is 0 Å². The molecule has 0 bridgehead atoms. The van der Waals surface area contributed by atoms with Gasteiger partial charge in [0.25, 0.3) is 0 Å². The second-order valence-electron chi connectivity index (χ2n) is 7.55. The average molecular weight is 358 g/mol. The van der Waals surface area contributed by atoms with Gasteiger partial charge in [-0.2, -0.15) is 0 Å². The summed E-state index contributed by atoms with van der Waals surface area (Å²) in [5.74, 6) is 2.01. The largest absolute Gasteiger partial charge is 0.332 e. The van der Waals surface area contributed by atoms with Crippen LogP contribution < -0.4 is 0 Å². The van der Waals surface area contributed by atoms with Crippen LogP contribution in [0.15, 0.2) is 30.5 Å². The summed E-state index contributed by atoms with van der Waals surface area (Å²) in [6.07, 6.45) is 10.9. The summed E-state index contributed by atoms with van der Waals surface area (Å²) < 4.78 is 2.47. The highest BCUT2D eigenvalue weighted by atomic mass is 35.5. The molecule has 0 atom stereocenters. The fraction of sp³-hybridized carbons (Fsp3) is 0.571. The Hall–Kier alpha value is -1.32. The van der Waals surface area contributed by atoms with Crippen LogP contribution in [0.1, 0.15) is 55.1 Å². The van der Waals surface area contributed by atoms with Gasteiger partial charge in [-0.25, -0.2) is 4.98 Å². The lowest BCUT2D eigenvalue weighted by molar-refractivity contribution is 0.210. The molecular formula is C21H28ClN3. The number of benzene rings is 1. The topological polar surface area (TPSA) is 21.1 Å². The fourth-order valence-electron chi connectivity index (χ4n) is 4.39. The number of imidazole rings is 1. The number of likely N-dealkylation sites (tertiary alicyclic amines) is 1. The van der Waals surface area contributed by atoms with E-state index in [1.165, 1.54) is 81.8 Å². The number of aromatic nitrogens is 2. The maximum atomic E-state index is 6.00. The van der Waals surface area contributed by atoms with E-state index in [0.717, 1.165) is 11.4 Å². The highest BCUT2D eigenvalue weighted by molar-refractivity contribution is 6.30. The van der Waals surface area contributed by atoms with Crippen molar-refractivity contribution in [1.82, 2.24) is 14.5 Å². The van der Waals surface area contributed by atoms with Crippen LogP contribution in [-0.2, 0) is 19.4 Å². The molecule has 2 aliphatic rings. The van der Waals surface area contributed by atoms with E-state index in [4.69, 9.17) is 11.6 Å². The van der Waals surface area contributed by atoms with Crippen LogP contribution in [0.25, 0.3) is 0 Å². The lowest BCUT2D eigenvalue weighted by Gasteiger charge is -2.32. The van der Waals surface area contributed by atoms with Crippen molar-refractivity contribution in [3.8, 4) is 0 Å². The first kappa shape index (κ1) is 17.1. The highest BCUT2D eigenvalue weighted by Gasteiger charge is 2.20. The molecule has 0 radical (unpaired) electrons. The zero-order valence-electron chi connectivity index (χ0n) is 15.0. The van der Waals surface area contributed by atoms with Gasteiger partial charge in [0, 0.05) is 29.9 Å². The monoisotopic (exact) mass is 357 g/mol. The molecule has 0 N–H and O–H groups in total. The normalized spacial score (nSPS) is 19.1. The van der Waals surface area contributed by atoms with Gasteiger partial charge in [-0.15, -0.1) is 0 Å². The van der Waals surface area contributed by atoms with Gasteiger partial charge in [0.05, 0.1) is 0 Å². The zero-order chi connectivity index (χ0) is 17.1. The van der Waals surface area contributed by atoms with E-state index in [9.17, 15) is 0 Å². The minimum Gasteiger partial charge on any atom is -0.332 e. The van der Waals surface area contributed by atoms with Gasteiger partial charge in [0.1, 0.15) is 5.82 Å². The smallest absolute Gasteiger partial charge is 0.108 e. The van der Waals surface area contributed by atoms with Crippen LogP contribution in [0, 0.1) is 0 Å². The van der Waals surface area contributed by atoms with E-state index in [-0.39, 0.29) is 0 Å². The molecule has 0 aliphatic carbocycles. The Labute approximate surface area is 156 Å². The molecule has 0 spiro atoms. The first-order chi connectivity index (χ1) is 12.3. The third-order valence-corrected chi connectivity index (χ3v) is 6.14. The van der Waals surface area contributed by atoms with Crippen molar-refractivity contribution in [3.05, 3.63) is 52.6 Å². The molecule has 0 amide bonds. The predicted molar refractivity (Wildman–Crippen MR) is 103 cm³/mol. The lowest BCUT2D eigenvalue weighted by Crippen LogP contribution is -2.34. The summed E-state index contributed by atoms with van der Waals surface area (Å²) >= 11 is 6.00. The second-order valence-corrected chi connectivity index (χ2v) is 7.98. The predicted octanol–water partition coefficient (Wildman–Crippen LogP) is 4.69. The summed E-state index contributed by atoms with van der Waals surface area (Å²) in [7, 11) is 0. The molecule has 1 fully saturated rings. The van der Waals surface area contributed by atoms with E-state index in [2.05, 4.69) is 32.8 Å². The van der Waals surface area contributed by atoms with E-state index in [1.54, 1.807) is 0 Å². The Balaban J connectivity index is 1.23. The van der Waals surface area contributed by atoms with Gasteiger partial charge < -0.3 is 9.47 Å². The van der Waals surface area contributed by atoms with Crippen molar-refractivity contribution in [2.24, 2.45) is 0 Å². The number of hydrogen-bond acceptors (Lipinski definition) is 2. The van der Waals surface area contributed by atoms with Gasteiger partial charge >= 0.3 is 0 Å². The van der Waals surface area contributed by atoms with E-state index in [0.29, 0.717) is 5.92 Å². The quantitative estimate of drug-likeness (QED) is 0.774. The van der Waals surface area contributed by atoms with Crippen molar-refractivity contribution in [3.63, 3.8) is 0 Å². The van der Waals surface area contributed by atoms with E-state index in [1.807, 2.05) is 12.1 Å². The fourth-order valence-corrected chi connectivity index (χ4v) is 4.51. The third-order valence-electron chi connectivity index (χ3n) is 5.89. The van der Waals surface area contributed by atoms with Gasteiger partial charge in [0.2, 0.25) is 0 Å². The van der Waals surface area contributed by atoms with Crippen LogP contribution in [-0.4, -0.2) is 34.1 Å². The van der Waals surface area contributed by atoms with Crippen molar-refractivity contribution in [2.75, 3.05) is 19.6 Å². The van der Waals surface area contributed by atoms with Crippen LogP contribution in [0.5, 0.6) is 0 Å². The van der Waals surface area contributed by atoms with Crippen LogP contribution in [0.4, 0.5) is 0 Å². The summed E-state index contributed by atoms with van der Waals surface area (Å²) in [5, 5.41) is 0.836. The molecule has 2 aliphatic heterocycles. The molecule has 2 aromatic rings. The Kier molecular flexibility index (Phi) is 5.42. The van der Waals surface area contributed by atoms with Crippen LogP contribution in [0.3, 0.4) is 0 Å². The Bertz CT molecular complexity index is 684. The number of halogens is 1. The van der Waals surface area contributed by atoms with E-state index < -0.39 is 0 Å². The average Bonchev–Trinajstić information content (AvgIpc) is 3.06. The van der Waals surface area contributed by atoms with Gasteiger partial charge in [-0.1, -0.05) is 23.7 Å². The summed E-state index contributed by atoms with van der Waals surface area (Å²) in [6, 6.07) is 8.45. The van der Waals surface area contributed by atoms with Crippen molar-refractivity contribution < 1.29 is 0 Å². The molecule has 1 aromatic carbocycles. The first-order valence-electron chi connectivity index (χ1n) is 9.81. The van der Waals surface area contributed by atoms with Crippen molar-refractivity contribution in [1.29, 1.82) is 0 Å². The number of aryl methyl sites for hydroxylation is 2. The minimum absolute atomic E-state index is 0.704. The molecule has 3 heterocycles. The molecule has 1 saturated heterocycles. The maximum absolute atomic E-state index is 6.00. The van der Waals surface area contributed by atoms with Crippen LogP contribution >= 0.6 is 11.6 Å². The standard InChI is InChI=1S/C21H28ClN3/c22-19-8-6-17(7-9-19)18-10-14-24(15-11-18)12-3-4-20-16-23-21-5-1-2-13-25(20)21/h6-9,16,18H,1-5,10-15H2. The molecule has 3 nitrogen and oxygen atoms in total. The molecule has 0 unspecified atom stereocenters. The lowest BCUT2D eigenvalue weighted by atomic mass is 9.89. The van der Waals surface area contributed by atoms with Crippen molar-refractivity contribution in [2.45, 2.75) is 57.4 Å². The maximum Gasteiger partial charge on any atom is 0.108 e.